The summed E-state index contributed by atoms with van der Waals surface area (Å²) in [4.78, 5) is 4.07. The van der Waals surface area contributed by atoms with Gasteiger partial charge in [0.05, 0.1) is 12.6 Å². The Morgan fingerprint density at radius 1 is 0.304 bits per heavy atom. The number of rotatable bonds is 12. The predicted octanol–water partition coefficient (Wildman–Crippen LogP) is 14.0. The van der Waals surface area contributed by atoms with Crippen molar-refractivity contribution in [2.24, 2.45) is 124 Å². The van der Waals surface area contributed by atoms with E-state index in [1.807, 2.05) is 0 Å². The first kappa shape index (κ1) is 122. The number of nitrogens with one attached hydrogen (secondary N) is 14. The van der Waals surface area contributed by atoms with Gasteiger partial charge in [0.25, 0.3) is 0 Å². The summed E-state index contributed by atoms with van der Waals surface area (Å²) >= 11 is 0. The first-order valence-electron chi connectivity index (χ1n) is 52.0. The second-order valence-corrected chi connectivity index (χ2v) is 49.9. The maximum atomic E-state index is 5.71. The number of aliphatic imine (C=N–C) groups is 1. The van der Waals surface area contributed by atoms with Gasteiger partial charge in [0.15, 0.2) is 5.96 Å². The van der Waals surface area contributed by atoms with Gasteiger partial charge in [-0.15, -0.1) is 0 Å². The first-order valence-corrected chi connectivity index (χ1v) is 52.0. The smallest absolute Gasteiger partial charge is 0.188 e. The molecule has 748 valence electrons. The van der Waals surface area contributed by atoms with Gasteiger partial charge in [-0.2, -0.15) is 0 Å². The van der Waals surface area contributed by atoms with Crippen LogP contribution in [0.25, 0.3) is 0 Å². The third-order valence-corrected chi connectivity index (χ3v) is 26.1. The van der Waals surface area contributed by atoms with Gasteiger partial charge in [0, 0.05) is 125 Å². The van der Waals surface area contributed by atoms with Crippen LogP contribution in [0, 0.1) is 79.3 Å². The van der Waals surface area contributed by atoms with Gasteiger partial charge in [0.1, 0.15) is 0 Å². The molecular weight excluding hydrogens is 1550 g/mol. The minimum absolute atomic E-state index is 0.255. The molecule has 16 atom stereocenters. The molecule has 2 unspecified atom stereocenters. The molecule has 2 saturated carbocycles. The summed E-state index contributed by atoms with van der Waals surface area (Å²) in [5.41, 5.74) is 42.2. The fourth-order valence-corrected chi connectivity index (χ4v) is 17.6. The average Bonchev–Trinajstić information content (AvgIpc) is 1.52. The largest absolute Gasteiger partial charge is 0.370 e. The lowest BCUT2D eigenvalue weighted by atomic mass is 9.75. The van der Waals surface area contributed by atoms with Crippen LogP contribution in [0.3, 0.4) is 0 Å². The molecule has 28 N–H and O–H groups in total. The molecule has 13 fully saturated rings. The zero-order valence-corrected chi connectivity index (χ0v) is 88.3. The standard InChI is InChI=1S/C12H25N.C11H23N.C10H21N.2C9H20N2.C9H19N.C7H15N3.C6H13N.4C5H12N2.2C5H11N/c1-12(2,3)8-4-5-11-6-9-13-10-7-11;1-11(2,3)7-4-10-5-8-12-9-6-10;1-10(2,3)5-4-8-6-9(11)7-8;2*1-9(2,3)7-11-8-4-5-10-6-8;1-9(2,3)6-8-4-5-10-7-8;1-7(2,3)5-4-9-6(8)10-5;1-5-2-3-6(7)4-5;4*1-4-2-5(6)3-7-4;2*1-5-2-3-6-4-5/h11,13H,4-10H2,1-3H3;10,12H,4-9H2,1-3H3;8-9H,4-7,11H2,1-3H3;2*8,10-11H,4-7H2,1-3H3;8,10H,4-7H2,1-3H3;5H,4H2,1-3H3,(H3,8,9,10);5-6H,2-4,7H2,1H3;4*4-5,7H,2-3,6H2,1H3;2*5-6H,2-4H2,1H3/t;;;2*8-;;;5-,6+;2*4-,5+;2*4-,5-;2*5-/m...10..0101010/s1. The van der Waals surface area contributed by atoms with E-state index in [0.29, 0.717) is 117 Å². The molecule has 0 aromatic heterocycles. The van der Waals surface area contributed by atoms with Crippen molar-refractivity contribution in [2.45, 2.75) is 439 Å². The summed E-state index contributed by atoms with van der Waals surface area (Å²) in [7, 11) is 0. The molecule has 0 spiro atoms. The van der Waals surface area contributed by atoms with Crippen molar-refractivity contribution in [3.63, 3.8) is 0 Å². The van der Waals surface area contributed by atoms with Crippen LogP contribution in [-0.4, -0.2) is 222 Å². The van der Waals surface area contributed by atoms with Gasteiger partial charge in [-0.25, -0.2) is 0 Å². The molecule has 22 nitrogen and oxygen atoms in total. The zero-order chi connectivity index (χ0) is 94.5. The number of guanidine groups is 1. The first-order chi connectivity index (χ1) is 58.1. The van der Waals surface area contributed by atoms with Crippen molar-refractivity contribution in [3.8, 4) is 0 Å². The molecule has 14 rings (SSSR count). The van der Waals surface area contributed by atoms with E-state index in [1.54, 1.807) is 0 Å². The van der Waals surface area contributed by atoms with Crippen molar-refractivity contribution in [3.05, 3.63) is 0 Å². The molecule has 0 bridgehead atoms. The molecule has 0 aromatic rings. The minimum atomic E-state index is 0.255. The van der Waals surface area contributed by atoms with Gasteiger partial charge in [-0.1, -0.05) is 179 Å². The van der Waals surface area contributed by atoms with Gasteiger partial charge >= 0.3 is 0 Å². The number of nitrogens with two attached hydrogens (primary N) is 7. The van der Waals surface area contributed by atoms with E-state index >= 15 is 0 Å². The molecule has 0 aromatic carbocycles. The number of nitrogens with zero attached hydrogens (tertiary/aromatic N) is 1. The van der Waals surface area contributed by atoms with Crippen molar-refractivity contribution in [1.29, 1.82) is 0 Å². The molecule has 22 heteroatoms. The second kappa shape index (κ2) is 66.0. The van der Waals surface area contributed by atoms with Crippen LogP contribution in [0.5, 0.6) is 0 Å². The molecule has 11 saturated heterocycles. The molecular formula is C103H226N22. The van der Waals surface area contributed by atoms with Gasteiger partial charge in [-0.05, 0) is 340 Å². The highest BCUT2D eigenvalue weighted by molar-refractivity contribution is 5.80. The van der Waals surface area contributed by atoms with Crippen LogP contribution in [-0.2, 0) is 0 Å². The number of hydrogen-bond acceptors (Lipinski definition) is 22. The topological polar surface area (TPSA) is 363 Å². The average molecular weight is 1770 g/mol. The minimum Gasteiger partial charge on any atom is -0.370 e. The molecule has 12 heterocycles. The van der Waals surface area contributed by atoms with E-state index in [2.05, 4.69) is 273 Å². The van der Waals surface area contributed by atoms with E-state index in [1.165, 1.54) is 220 Å². The third kappa shape index (κ3) is 75.5. The van der Waals surface area contributed by atoms with Crippen molar-refractivity contribution >= 4 is 5.96 Å². The molecule has 125 heavy (non-hydrogen) atoms. The Hall–Kier alpha value is -1.49. The normalized spacial score (nSPS) is 30.8. The monoisotopic (exact) mass is 1770 g/mol. The second-order valence-electron chi connectivity index (χ2n) is 49.9. The Labute approximate surface area is 777 Å². The van der Waals surface area contributed by atoms with Crippen LogP contribution in [0.15, 0.2) is 4.99 Å². The van der Waals surface area contributed by atoms with E-state index in [-0.39, 0.29) is 5.41 Å². The van der Waals surface area contributed by atoms with Crippen LogP contribution < -0.4 is 115 Å². The molecule has 0 radical (unpaired) electrons. The lowest BCUT2D eigenvalue weighted by molar-refractivity contribution is 0.214. The highest BCUT2D eigenvalue weighted by atomic mass is 15.2. The Kier molecular flexibility index (Phi) is 64.2. The lowest BCUT2D eigenvalue weighted by Gasteiger charge is -2.34. The van der Waals surface area contributed by atoms with Crippen LogP contribution in [0.4, 0.5) is 0 Å². The summed E-state index contributed by atoms with van der Waals surface area (Å²) in [6, 6.07) is 7.14. The Morgan fingerprint density at radius 2 is 0.648 bits per heavy atom. The summed E-state index contributed by atoms with van der Waals surface area (Å²) in [5, 5.41) is 46.7. The Balaban J connectivity index is 0.000000677. The zero-order valence-electron chi connectivity index (χ0n) is 88.3. The van der Waals surface area contributed by atoms with E-state index < -0.39 is 0 Å². The van der Waals surface area contributed by atoms with Gasteiger partial charge in [0.2, 0.25) is 0 Å². The van der Waals surface area contributed by atoms with Crippen LogP contribution in [0.1, 0.15) is 361 Å². The maximum absolute atomic E-state index is 5.71. The molecule has 14 aliphatic rings. The van der Waals surface area contributed by atoms with Crippen LogP contribution >= 0.6 is 0 Å². The molecule has 12 aliphatic heterocycles. The molecule has 2 aliphatic carbocycles. The number of piperidine rings is 2. The maximum Gasteiger partial charge on any atom is 0.188 e. The van der Waals surface area contributed by atoms with E-state index in [0.717, 1.165) is 126 Å². The highest BCUT2D eigenvalue weighted by Crippen LogP contribution is 2.35. The van der Waals surface area contributed by atoms with Crippen molar-refractivity contribution in [2.75, 3.05) is 137 Å². The van der Waals surface area contributed by atoms with Crippen molar-refractivity contribution in [1.82, 2.24) is 74.4 Å². The van der Waals surface area contributed by atoms with Gasteiger partial charge < -0.3 is 115 Å². The van der Waals surface area contributed by atoms with E-state index in [4.69, 9.17) is 40.1 Å². The fraction of sp³-hybridized carbons (Fsp3) is 0.990. The fourth-order valence-electron chi connectivity index (χ4n) is 17.6. The van der Waals surface area contributed by atoms with Gasteiger partial charge in [-0.3, -0.25) is 4.99 Å². The highest BCUT2D eigenvalue weighted by Gasteiger charge is 2.30. The summed E-state index contributed by atoms with van der Waals surface area (Å²) in [6.45, 7) is 87.7. The van der Waals surface area contributed by atoms with E-state index in [9.17, 15) is 0 Å². The quantitative estimate of drug-likeness (QED) is 0.0863. The summed E-state index contributed by atoms with van der Waals surface area (Å²) < 4.78 is 0. The lowest BCUT2D eigenvalue weighted by Crippen LogP contribution is -2.43. The molecule has 0 amide bonds. The summed E-state index contributed by atoms with van der Waals surface area (Å²) in [6.07, 6.45) is 34.5. The number of hydrogen-bond donors (Lipinski definition) is 21. The predicted molar refractivity (Wildman–Crippen MR) is 552 cm³/mol. The summed E-state index contributed by atoms with van der Waals surface area (Å²) in [5.74, 6) is 7.27. The van der Waals surface area contributed by atoms with Crippen LogP contribution in [0.2, 0.25) is 0 Å². The Bertz CT molecular complexity index is 2310. The third-order valence-electron chi connectivity index (χ3n) is 26.1. The SMILES string of the molecule is CC(C)(C)C1CN=C(N)N1.CC(C)(C)CC1CCNC1.CC(C)(C)CCC1CC(N)C1.CC(C)(C)CCC1CCNCC1.CC(C)(C)CCCC1CCNCC1.CC(C)(C)CN[C@@H]1CCNC1.CC(C)(C)CN[C@H]1CCNC1.C[C@@H]1CCNC1.C[C@@H]1C[C@@H](N)CN1.C[C@@H]1C[C@H](N)CN1.C[C@H]1CCNC1.C[C@H]1CC[C@@H](N)C1.C[C@H]1C[C@@H](N)CN1.C[C@H]1C[C@H](N)CN1. The Morgan fingerprint density at radius 3 is 0.864 bits per heavy atom. The van der Waals surface area contributed by atoms with Crippen molar-refractivity contribution < 1.29 is 0 Å².